The summed E-state index contributed by atoms with van der Waals surface area (Å²) in [6.45, 7) is 8.64. The monoisotopic (exact) mass is 512 g/mol. The summed E-state index contributed by atoms with van der Waals surface area (Å²) in [6.07, 6.45) is -1.19. The van der Waals surface area contributed by atoms with Gasteiger partial charge < -0.3 is 19.3 Å². The van der Waals surface area contributed by atoms with Crippen LogP contribution in [0.3, 0.4) is 0 Å². The van der Waals surface area contributed by atoms with Crippen molar-refractivity contribution in [3.8, 4) is 11.6 Å². The van der Waals surface area contributed by atoms with Crippen LogP contribution in [-0.2, 0) is 4.74 Å². The Morgan fingerprint density at radius 2 is 1.89 bits per heavy atom. The number of carbonyl (C=O) groups is 2. The van der Waals surface area contributed by atoms with E-state index in [4.69, 9.17) is 9.47 Å². The Morgan fingerprint density at radius 3 is 2.54 bits per heavy atom. The zero-order valence-corrected chi connectivity index (χ0v) is 21.3. The molecule has 0 spiro atoms. The number of benzene rings is 1. The van der Waals surface area contributed by atoms with Crippen LogP contribution >= 0.6 is 0 Å². The highest BCUT2D eigenvalue weighted by Gasteiger charge is 2.34. The average Bonchev–Trinajstić information content (AvgIpc) is 2.86. The van der Waals surface area contributed by atoms with E-state index >= 15 is 0 Å². The number of nitrogens with zero attached hydrogens (tertiary/aromatic N) is 4. The summed E-state index contributed by atoms with van der Waals surface area (Å²) in [5.74, 6) is 0.460. The van der Waals surface area contributed by atoms with Gasteiger partial charge in [-0.1, -0.05) is 13.0 Å². The normalized spacial score (nSPS) is 16.2. The minimum atomic E-state index is -2.59. The highest BCUT2D eigenvalue weighted by Crippen LogP contribution is 2.26. The van der Waals surface area contributed by atoms with Gasteiger partial charge >= 0.3 is 6.09 Å². The fourth-order valence-electron chi connectivity index (χ4n) is 4.10. The summed E-state index contributed by atoms with van der Waals surface area (Å²) >= 11 is 0. The van der Waals surface area contributed by atoms with E-state index in [0.717, 1.165) is 11.6 Å². The Labute approximate surface area is 214 Å². The topological polar surface area (TPSA) is 84.9 Å². The Bertz CT molecular complexity index is 1280. The largest absolute Gasteiger partial charge is 0.444 e. The van der Waals surface area contributed by atoms with Gasteiger partial charge in [0.25, 0.3) is 12.3 Å². The van der Waals surface area contributed by atoms with Crippen molar-refractivity contribution in [1.82, 2.24) is 19.8 Å². The molecule has 0 unspecified atom stereocenters. The van der Waals surface area contributed by atoms with Crippen LogP contribution in [0.2, 0.25) is 0 Å². The number of fused-ring (bicyclic) bond motifs is 1. The first-order chi connectivity index (χ1) is 17.5. The predicted molar refractivity (Wildman–Crippen MR) is 134 cm³/mol. The van der Waals surface area contributed by atoms with Crippen LogP contribution in [-0.4, -0.2) is 63.0 Å². The number of halogens is 2. The SMILES string of the molecule is CC[C@@H]1CN(C(=O)c2ccc3cc(Oc4ccc(C(F)F)cn4)ccc3n2)CCN1C(=O)OC(C)(C)C. The van der Waals surface area contributed by atoms with Gasteiger partial charge in [0, 0.05) is 42.8 Å². The first kappa shape index (κ1) is 26.2. The zero-order chi connectivity index (χ0) is 26.7. The van der Waals surface area contributed by atoms with Gasteiger partial charge in [-0.2, -0.15) is 0 Å². The molecule has 10 heteroatoms. The lowest BCUT2D eigenvalue weighted by atomic mass is 10.1. The molecule has 8 nitrogen and oxygen atoms in total. The summed E-state index contributed by atoms with van der Waals surface area (Å²) in [7, 11) is 0. The Hall–Kier alpha value is -3.82. The number of pyridine rings is 2. The van der Waals surface area contributed by atoms with Crippen molar-refractivity contribution >= 4 is 22.9 Å². The molecule has 1 aromatic carbocycles. The molecular formula is C27H30F2N4O4. The number of ether oxygens (including phenoxy) is 2. The van der Waals surface area contributed by atoms with Crippen LogP contribution < -0.4 is 4.74 Å². The van der Waals surface area contributed by atoms with Crippen LogP contribution in [0.5, 0.6) is 11.6 Å². The van der Waals surface area contributed by atoms with E-state index in [1.54, 1.807) is 40.1 Å². The summed E-state index contributed by atoms with van der Waals surface area (Å²) in [5, 5.41) is 0.749. The molecule has 2 amide bonds. The quantitative estimate of drug-likeness (QED) is 0.428. The van der Waals surface area contributed by atoms with Gasteiger partial charge in [-0.05, 0) is 57.5 Å². The van der Waals surface area contributed by atoms with E-state index in [-0.39, 0.29) is 29.5 Å². The number of alkyl halides is 2. The fourth-order valence-corrected chi connectivity index (χ4v) is 4.10. The lowest BCUT2D eigenvalue weighted by Crippen LogP contribution is -2.57. The first-order valence-electron chi connectivity index (χ1n) is 12.2. The van der Waals surface area contributed by atoms with E-state index in [2.05, 4.69) is 9.97 Å². The van der Waals surface area contributed by atoms with Crippen LogP contribution in [0.25, 0.3) is 10.9 Å². The molecule has 1 fully saturated rings. The molecule has 2 aromatic heterocycles. The van der Waals surface area contributed by atoms with Gasteiger partial charge in [0.05, 0.1) is 11.6 Å². The summed E-state index contributed by atoms with van der Waals surface area (Å²) in [5.41, 5.74) is 0.158. The molecule has 0 N–H and O–H groups in total. The lowest BCUT2D eigenvalue weighted by molar-refractivity contribution is -0.00127. The maximum atomic E-state index is 13.2. The Morgan fingerprint density at radius 1 is 1.11 bits per heavy atom. The Kier molecular flexibility index (Phi) is 7.56. The molecule has 1 atom stereocenters. The second-order valence-corrected chi connectivity index (χ2v) is 9.87. The zero-order valence-electron chi connectivity index (χ0n) is 21.3. The van der Waals surface area contributed by atoms with Gasteiger partial charge in [0.1, 0.15) is 17.0 Å². The molecule has 1 saturated heterocycles. The van der Waals surface area contributed by atoms with Gasteiger partial charge in [-0.25, -0.2) is 23.5 Å². The molecule has 4 rings (SSSR count). The molecule has 3 heterocycles. The molecular weight excluding hydrogens is 482 g/mol. The van der Waals surface area contributed by atoms with E-state index in [0.29, 0.717) is 43.0 Å². The molecule has 3 aromatic rings. The third-order valence-electron chi connectivity index (χ3n) is 5.98. The highest BCUT2D eigenvalue weighted by molar-refractivity contribution is 5.95. The van der Waals surface area contributed by atoms with Gasteiger partial charge in [-0.3, -0.25) is 4.79 Å². The molecule has 0 bridgehead atoms. The first-order valence-corrected chi connectivity index (χ1v) is 12.2. The number of rotatable bonds is 5. The predicted octanol–water partition coefficient (Wildman–Crippen LogP) is 5.83. The molecule has 0 saturated carbocycles. The third-order valence-corrected chi connectivity index (χ3v) is 5.98. The van der Waals surface area contributed by atoms with Crippen LogP contribution in [0.4, 0.5) is 13.6 Å². The summed E-state index contributed by atoms with van der Waals surface area (Å²) in [4.78, 5) is 37.7. The fraction of sp³-hybridized carbons (Fsp3) is 0.407. The number of piperazine rings is 1. The molecule has 1 aliphatic rings. The van der Waals surface area contributed by atoms with Crippen LogP contribution in [0, 0.1) is 0 Å². The van der Waals surface area contributed by atoms with Gasteiger partial charge in [0.2, 0.25) is 5.88 Å². The van der Waals surface area contributed by atoms with E-state index in [1.165, 1.54) is 12.1 Å². The smallest absolute Gasteiger partial charge is 0.410 e. The number of amides is 2. The van der Waals surface area contributed by atoms with Crippen molar-refractivity contribution in [2.75, 3.05) is 19.6 Å². The highest BCUT2D eigenvalue weighted by atomic mass is 19.3. The number of hydrogen-bond acceptors (Lipinski definition) is 6. The maximum Gasteiger partial charge on any atom is 0.410 e. The number of aromatic nitrogens is 2. The second kappa shape index (κ2) is 10.7. The van der Waals surface area contributed by atoms with E-state index < -0.39 is 12.0 Å². The Balaban J connectivity index is 1.44. The van der Waals surface area contributed by atoms with Crippen molar-refractivity contribution < 1.29 is 27.8 Å². The van der Waals surface area contributed by atoms with Crippen molar-refractivity contribution in [2.24, 2.45) is 0 Å². The molecule has 196 valence electrons. The minimum Gasteiger partial charge on any atom is -0.444 e. The molecule has 1 aliphatic heterocycles. The maximum absolute atomic E-state index is 13.2. The van der Waals surface area contributed by atoms with E-state index in [9.17, 15) is 18.4 Å². The van der Waals surface area contributed by atoms with Crippen molar-refractivity contribution in [2.45, 2.75) is 52.2 Å². The summed E-state index contributed by atoms with van der Waals surface area (Å²) < 4.78 is 36.6. The van der Waals surface area contributed by atoms with Crippen LogP contribution in [0.15, 0.2) is 48.7 Å². The van der Waals surface area contributed by atoms with Gasteiger partial charge in [-0.15, -0.1) is 0 Å². The standard InChI is InChI=1S/C27H30F2N4O4/c1-5-19-16-32(12-13-33(19)26(35)37-27(2,3)4)25(34)22-9-6-17-14-20(8-10-21(17)31-22)36-23-11-7-18(15-30-23)24(28)29/h6-11,14-15,19,24H,5,12-13,16H2,1-4H3/t19-/m1/s1. The molecule has 37 heavy (non-hydrogen) atoms. The molecule has 0 aliphatic carbocycles. The summed E-state index contributed by atoms with van der Waals surface area (Å²) in [6, 6.07) is 11.1. The van der Waals surface area contributed by atoms with E-state index in [1.807, 2.05) is 27.7 Å². The average molecular weight is 513 g/mol. The lowest BCUT2D eigenvalue weighted by Gasteiger charge is -2.41. The van der Waals surface area contributed by atoms with Crippen molar-refractivity contribution in [1.29, 1.82) is 0 Å². The third kappa shape index (κ3) is 6.31. The van der Waals surface area contributed by atoms with Crippen LogP contribution in [0.1, 0.15) is 56.6 Å². The number of hydrogen-bond donors (Lipinski definition) is 0. The van der Waals surface area contributed by atoms with Crippen molar-refractivity contribution in [3.05, 3.63) is 59.9 Å². The minimum absolute atomic E-state index is 0.143. The second-order valence-electron chi connectivity index (χ2n) is 9.87. The number of carbonyl (C=O) groups excluding carboxylic acids is 2. The van der Waals surface area contributed by atoms with Gasteiger partial charge in [0.15, 0.2) is 0 Å². The van der Waals surface area contributed by atoms with Crippen molar-refractivity contribution in [3.63, 3.8) is 0 Å². The molecule has 0 radical (unpaired) electrons.